The summed E-state index contributed by atoms with van der Waals surface area (Å²) >= 11 is 0. The molecule has 4 amide bonds. The Labute approximate surface area is 296 Å². The molecule has 0 aliphatic heterocycles. The summed E-state index contributed by atoms with van der Waals surface area (Å²) in [7, 11) is 0. The molecule has 2 aromatic rings. The number of hydrogen-bond acceptors (Lipinski definition) is 8. The van der Waals surface area contributed by atoms with Crippen LogP contribution in [0.25, 0.3) is 0 Å². The van der Waals surface area contributed by atoms with Crippen LogP contribution in [0.2, 0.25) is 0 Å². The molecule has 0 radical (unpaired) electrons. The van der Waals surface area contributed by atoms with Crippen molar-refractivity contribution in [1.82, 2.24) is 31.4 Å². The Kier molecular flexibility index (Phi) is 16.3. The number of pyridine rings is 1. The average Bonchev–Trinajstić information content (AvgIpc) is 3.06. The first kappa shape index (κ1) is 40.1. The first-order valence-electron chi connectivity index (χ1n) is 17.8. The second-order valence-electron chi connectivity index (χ2n) is 14.1. The number of carbonyl (C=O) groups is 5. The Morgan fingerprint density at radius 1 is 0.800 bits per heavy atom. The van der Waals surface area contributed by atoms with Gasteiger partial charge in [0.05, 0.1) is 19.0 Å². The first-order valence-corrected chi connectivity index (χ1v) is 17.8. The number of rotatable bonds is 18. The van der Waals surface area contributed by atoms with Gasteiger partial charge in [-0.05, 0) is 54.2 Å². The van der Waals surface area contributed by atoms with Crippen LogP contribution >= 0.6 is 0 Å². The maximum atomic E-state index is 13.9. The van der Waals surface area contributed by atoms with Crippen molar-refractivity contribution in [3.63, 3.8) is 0 Å². The number of carbonyl (C=O) groups excluding carboxylic acids is 5. The van der Waals surface area contributed by atoms with Crippen LogP contribution in [0.15, 0.2) is 54.9 Å². The minimum absolute atomic E-state index is 0.0379. The Balaban J connectivity index is 2.03. The number of ether oxygens (including phenoxy) is 1. The van der Waals surface area contributed by atoms with Gasteiger partial charge in [0.1, 0.15) is 18.2 Å². The van der Waals surface area contributed by atoms with Crippen LogP contribution in [0, 0.1) is 17.8 Å². The fourth-order valence-electron chi connectivity index (χ4n) is 6.34. The summed E-state index contributed by atoms with van der Waals surface area (Å²) in [4.78, 5) is 69.4. The van der Waals surface area contributed by atoms with Gasteiger partial charge in [-0.2, -0.15) is 0 Å². The predicted octanol–water partition coefficient (Wildman–Crippen LogP) is 3.50. The summed E-state index contributed by atoms with van der Waals surface area (Å²) in [6.45, 7) is 10.7. The van der Waals surface area contributed by atoms with Crippen molar-refractivity contribution in [1.29, 1.82) is 0 Å². The van der Waals surface area contributed by atoms with Crippen LogP contribution in [-0.4, -0.2) is 76.9 Å². The van der Waals surface area contributed by atoms with E-state index in [0.717, 1.165) is 37.7 Å². The van der Waals surface area contributed by atoms with Gasteiger partial charge in [-0.25, -0.2) is 5.01 Å². The van der Waals surface area contributed by atoms with Crippen LogP contribution in [0.3, 0.4) is 0 Å². The largest absolute Gasteiger partial charge is 0.458 e. The van der Waals surface area contributed by atoms with Crippen molar-refractivity contribution in [3.8, 4) is 0 Å². The molecule has 4 N–H and O–H groups in total. The lowest BCUT2D eigenvalue weighted by Crippen LogP contribution is -2.60. The lowest BCUT2D eigenvalue weighted by Gasteiger charge is -2.37. The summed E-state index contributed by atoms with van der Waals surface area (Å²) in [5.74, 6) is -2.05. The van der Waals surface area contributed by atoms with Crippen molar-refractivity contribution in [2.75, 3.05) is 13.1 Å². The molecule has 1 aromatic carbocycles. The van der Waals surface area contributed by atoms with E-state index < -0.39 is 36.1 Å². The van der Waals surface area contributed by atoms with Crippen molar-refractivity contribution in [2.24, 2.45) is 17.8 Å². The monoisotopic (exact) mass is 692 g/mol. The maximum absolute atomic E-state index is 13.9. The maximum Gasteiger partial charge on any atom is 0.310 e. The number of hydrazine groups is 1. The molecule has 1 saturated carbocycles. The number of amides is 4. The smallest absolute Gasteiger partial charge is 0.310 e. The SMILES string of the molecule is CC(=O)N[C@H](C(=O)NC(Cc1ccccc1)C(CN(CC1CCCCC1)NC(=O)[C@@H](NC(C)=O)C(C)C)OC(=O)Cc1cccnc1)C(C)C. The number of nitrogens with zero attached hydrogens (tertiary/aromatic N) is 2. The molecule has 0 spiro atoms. The van der Waals surface area contributed by atoms with Gasteiger partial charge in [0.25, 0.3) is 5.91 Å². The Bertz CT molecular complexity index is 1380. The molecule has 1 aliphatic rings. The van der Waals surface area contributed by atoms with Crippen LogP contribution < -0.4 is 21.4 Å². The first-order chi connectivity index (χ1) is 23.8. The third-order valence-electron chi connectivity index (χ3n) is 8.92. The van der Waals surface area contributed by atoms with Gasteiger partial charge >= 0.3 is 5.97 Å². The highest BCUT2D eigenvalue weighted by molar-refractivity contribution is 5.87. The normalized spacial score (nSPS) is 15.9. The van der Waals surface area contributed by atoms with E-state index in [-0.39, 0.29) is 42.5 Å². The molecular weight excluding hydrogens is 636 g/mol. The van der Waals surface area contributed by atoms with Gasteiger partial charge < -0.3 is 20.7 Å². The van der Waals surface area contributed by atoms with E-state index in [1.807, 2.05) is 58.0 Å². The number of aromatic nitrogens is 1. The summed E-state index contributed by atoms with van der Waals surface area (Å²) in [5.41, 5.74) is 4.63. The topological polar surface area (TPSA) is 159 Å². The van der Waals surface area contributed by atoms with E-state index in [0.29, 0.717) is 24.4 Å². The molecule has 4 atom stereocenters. The quantitative estimate of drug-likeness (QED) is 0.137. The van der Waals surface area contributed by atoms with Gasteiger partial charge in [0.15, 0.2) is 0 Å². The predicted molar refractivity (Wildman–Crippen MR) is 191 cm³/mol. The fraction of sp³-hybridized carbons (Fsp3) is 0.579. The fourth-order valence-corrected chi connectivity index (χ4v) is 6.34. The molecule has 50 heavy (non-hydrogen) atoms. The summed E-state index contributed by atoms with van der Waals surface area (Å²) in [6, 6.07) is 10.8. The molecule has 0 bridgehead atoms. The highest BCUT2D eigenvalue weighted by atomic mass is 16.5. The summed E-state index contributed by atoms with van der Waals surface area (Å²) in [6.07, 6.45) is 7.90. The Morgan fingerprint density at radius 2 is 1.40 bits per heavy atom. The van der Waals surface area contributed by atoms with E-state index in [4.69, 9.17) is 4.74 Å². The third-order valence-corrected chi connectivity index (χ3v) is 8.92. The van der Waals surface area contributed by atoms with Gasteiger partial charge in [-0.15, -0.1) is 0 Å². The standard InChI is InChI=1S/C38H56N6O6/c1-25(2)35(40-27(5)45)37(48)42-32(20-29-14-9-7-10-15-29)33(50-34(47)21-31-18-13-19-39-22-31)24-44(23-30-16-11-8-12-17-30)43-38(49)36(26(3)4)41-28(6)46/h7,9-10,13-15,18-19,22,25-26,30,32-33,35-36H,8,11-12,16-17,20-21,23-24H2,1-6H3,(H,40,45)(H,41,46)(H,42,48)(H,43,49)/t32?,33?,35-,36-/m0/s1. The van der Waals surface area contributed by atoms with E-state index in [2.05, 4.69) is 26.4 Å². The second-order valence-corrected chi connectivity index (χ2v) is 14.1. The molecule has 1 aromatic heterocycles. The second kappa shape index (κ2) is 20.4. The van der Waals surface area contributed by atoms with Crippen molar-refractivity contribution in [3.05, 3.63) is 66.0 Å². The zero-order valence-electron chi connectivity index (χ0n) is 30.4. The third kappa shape index (κ3) is 13.9. The minimum Gasteiger partial charge on any atom is -0.458 e. The lowest BCUT2D eigenvalue weighted by atomic mass is 9.89. The van der Waals surface area contributed by atoms with Crippen molar-refractivity contribution in [2.45, 2.75) is 111 Å². The molecule has 3 rings (SSSR count). The van der Waals surface area contributed by atoms with Gasteiger partial charge in [0.2, 0.25) is 17.7 Å². The van der Waals surface area contributed by atoms with Crippen molar-refractivity contribution < 1.29 is 28.7 Å². The van der Waals surface area contributed by atoms with E-state index in [9.17, 15) is 24.0 Å². The minimum atomic E-state index is -0.921. The van der Waals surface area contributed by atoms with E-state index in [1.165, 1.54) is 13.8 Å². The number of hydrogen-bond donors (Lipinski definition) is 4. The number of nitrogens with one attached hydrogen (secondary N) is 4. The van der Waals surface area contributed by atoms with Gasteiger partial charge in [0, 0.05) is 32.8 Å². The molecule has 2 unspecified atom stereocenters. The zero-order valence-corrected chi connectivity index (χ0v) is 30.4. The van der Waals surface area contributed by atoms with Crippen LogP contribution in [0.5, 0.6) is 0 Å². The van der Waals surface area contributed by atoms with Gasteiger partial charge in [-0.1, -0.05) is 83.4 Å². The van der Waals surface area contributed by atoms with E-state index >= 15 is 0 Å². The molecular formula is C38H56N6O6. The van der Waals surface area contributed by atoms with Crippen molar-refractivity contribution >= 4 is 29.6 Å². The van der Waals surface area contributed by atoms with Gasteiger partial charge in [-0.3, -0.25) is 34.4 Å². The Hall–Kier alpha value is -4.32. The molecule has 0 saturated heterocycles. The molecule has 12 heteroatoms. The Morgan fingerprint density at radius 3 is 1.96 bits per heavy atom. The molecule has 12 nitrogen and oxygen atoms in total. The molecule has 1 aliphatic carbocycles. The summed E-state index contributed by atoms with van der Waals surface area (Å²) < 4.78 is 6.25. The lowest BCUT2D eigenvalue weighted by molar-refractivity contribution is -0.153. The van der Waals surface area contributed by atoms with Crippen LogP contribution in [0.4, 0.5) is 0 Å². The molecule has 1 heterocycles. The number of esters is 1. The highest BCUT2D eigenvalue weighted by Crippen LogP contribution is 2.25. The number of benzene rings is 1. The van der Waals surface area contributed by atoms with E-state index in [1.54, 1.807) is 29.5 Å². The zero-order chi connectivity index (χ0) is 36.6. The summed E-state index contributed by atoms with van der Waals surface area (Å²) in [5, 5.41) is 10.4. The molecule has 1 fully saturated rings. The van der Waals surface area contributed by atoms with Crippen LogP contribution in [-0.2, 0) is 41.6 Å². The molecule has 274 valence electrons. The highest BCUT2D eigenvalue weighted by Gasteiger charge is 2.35. The average molecular weight is 693 g/mol. The van der Waals surface area contributed by atoms with Crippen LogP contribution in [0.1, 0.15) is 84.8 Å².